The molecule has 15 heavy (non-hydrogen) atoms. The minimum absolute atomic E-state index is 0.0638. The lowest BCUT2D eigenvalue weighted by Gasteiger charge is -2.25. The van der Waals surface area contributed by atoms with E-state index >= 15 is 0 Å². The molecule has 0 aromatic rings. The van der Waals surface area contributed by atoms with Gasteiger partial charge in [-0.05, 0) is 24.2 Å². The quantitative estimate of drug-likeness (QED) is 0.747. The Bertz CT molecular complexity index is 275. The summed E-state index contributed by atoms with van der Waals surface area (Å²) in [5.74, 6) is 0.918. The molecule has 1 saturated carbocycles. The highest BCUT2D eigenvalue weighted by atomic mass is 16.3. The van der Waals surface area contributed by atoms with E-state index in [0.717, 1.165) is 19.4 Å². The summed E-state index contributed by atoms with van der Waals surface area (Å²) in [6.07, 6.45) is 2.04. The van der Waals surface area contributed by atoms with Crippen molar-refractivity contribution in [2.24, 2.45) is 17.3 Å². The number of amides is 1. The van der Waals surface area contributed by atoms with Crippen LogP contribution >= 0.6 is 0 Å². The summed E-state index contributed by atoms with van der Waals surface area (Å²) in [6.45, 7) is 7.34. The highest BCUT2D eigenvalue weighted by molar-refractivity contribution is 5.83. The summed E-state index contributed by atoms with van der Waals surface area (Å²) in [4.78, 5) is 14.1. The minimum atomic E-state index is 0.0638. The highest BCUT2D eigenvalue weighted by Gasteiger charge is 2.53. The van der Waals surface area contributed by atoms with Crippen molar-refractivity contribution in [3.05, 3.63) is 0 Å². The van der Waals surface area contributed by atoms with Crippen molar-refractivity contribution in [2.45, 2.75) is 39.7 Å². The second-order valence-electron chi connectivity index (χ2n) is 5.79. The van der Waals surface area contributed by atoms with Gasteiger partial charge in [-0.1, -0.05) is 20.8 Å². The lowest BCUT2D eigenvalue weighted by atomic mass is 10.0. The third-order valence-corrected chi connectivity index (χ3v) is 4.16. The predicted octanol–water partition coefficient (Wildman–Crippen LogP) is 1.26. The fourth-order valence-corrected chi connectivity index (χ4v) is 2.65. The first kappa shape index (κ1) is 10.9. The van der Waals surface area contributed by atoms with Gasteiger partial charge >= 0.3 is 0 Å². The maximum absolute atomic E-state index is 12.2. The number of nitrogens with zero attached hydrogens (tertiary/aromatic N) is 1. The Hall–Kier alpha value is -0.570. The zero-order valence-corrected chi connectivity index (χ0v) is 9.86. The van der Waals surface area contributed by atoms with Crippen LogP contribution in [-0.4, -0.2) is 35.1 Å². The Morgan fingerprint density at radius 2 is 2.13 bits per heavy atom. The van der Waals surface area contributed by atoms with Crippen molar-refractivity contribution in [3.8, 4) is 0 Å². The van der Waals surface area contributed by atoms with Gasteiger partial charge in [0.05, 0.1) is 12.6 Å². The third-order valence-electron chi connectivity index (χ3n) is 4.16. The van der Waals surface area contributed by atoms with Crippen LogP contribution in [-0.2, 0) is 4.79 Å². The maximum atomic E-state index is 12.2. The molecule has 0 radical (unpaired) electrons. The molecule has 0 aromatic carbocycles. The molecule has 1 aliphatic carbocycles. The van der Waals surface area contributed by atoms with Crippen LogP contribution in [0.2, 0.25) is 0 Å². The molecular weight excluding hydrogens is 190 g/mol. The first-order valence-corrected chi connectivity index (χ1v) is 5.88. The number of carbonyl (C=O) groups excluding carboxylic acids is 1. The van der Waals surface area contributed by atoms with Gasteiger partial charge in [-0.15, -0.1) is 0 Å². The number of rotatable bonds is 2. The number of likely N-dealkylation sites (tertiary alicyclic amines) is 1. The molecule has 3 atom stereocenters. The average Bonchev–Trinajstić information content (AvgIpc) is 2.65. The van der Waals surface area contributed by atoms with Gasteiger partial charge in [-0.3, -0.25) is 4.79 Å². The summed E-state index contributed by atoms with van der Waals surface area (Å²) in [5.41, 5.74) is 0.197. The normalized spacial score (nSPS) is 38.1. The van der Waals surface area contributed by atoms with Crippen LogP contribution in [0.5, 0.6) is 0 Å². The fraction of sp³-hybridized carbons (Fsp3) is 0.917. The van der Waals surface area contributed by atoms with Gasteiger partial charge in [-0.2, -0.15) is 0 Å². The standard InChI is InChI=1S/C12H21NO2/c1-8-4-5-13(10(8)7-14)11(15)9-6-12(9,2)3/h8-10,14H,4-7H2,1-3H3. The number of hydrogen-bond donors (Lipinski definition) is 1. The van der Waals surface area contributed by atoms with Crippen molar-refractivity contribution in [3.63, 3.8) is 0 Å². The Balaban J connectivity index is 2.02. The third kappa shape index (κ3) is 1.78. The molecular formula is C12H21NO2. The SMILES string of the molecule is CC1CCN(C(=O)C2CC2(C)C)C1CO. The topological polar surface area (TPSA) is 40.5 Å². The van der Waals surface area contributed by atoms with Gasteiger partial charge < -0.3 is 10.0 Å². The minimum Gasteiger partial charge on any atom is -0.394 e. The monoisotopic (exact) mass is 211 g/mol. The molecule has 2 fully saturated rings. The van der Waals surface area contributed by atoms with E-state index in [1.165, 1.54) is 0 Å². The lowest BCUT2D eigenvalue weighted by Crippen LogP contribution is -2.41. The van der Waals surface area contributed by atoms with Gasteiger partial charge in [0.2, 0.25) is 5.91 Å². The molecule has 1 N–H and O–H groups in total. The van der Waals surface area contributed by atoms with Gasteiger partial charge in [0, 0.05) is 12.5 Å². The van der Waals surface area contributed by atoms with Gasteiger partial charge in [-0.25, -0.2) is 0 Å². The van der Waals surface area contributed by atoms with Crippen LogP contribution in [0.25, 0.3) is 0 Å². The van der Waals surface area contributed by atoms with Crippen LogP contribution in [0.3, 0.4) is 0 Å². The van der Waals surface area contributed by atoms with Gasteiger partial charge in [0.15, 0.2) is 0 Å². The van der Waals surface area contributed by atoms with Crippen molar-refractivity contribution < 1.29 is 9.90 Å². The van der Waals surface area contributed by atoms with Crippen LogP contribution in [0.15, 0.2) is 0 Å². The molecule has 1 heterocycles. The van der Waals surface area contributed by atoms with Crippen molar-refractivity contribution in [1.29, 1.82) is 0 Å². The largest absolute Gasteiger partial charge is 0.394 e. The highest BCUT2D eigenvalue weighted by Crippen LogP contribution is 2.53. The summed E-state index contributed by atoms with van der Waals surface area (Å²) in [7, 11) is 0. The zero-order chi connectivity index (χ0) is 11.2. The van der Waals surface area contributed by atoms with Crippen LogP contribution < -0.4 is 0 Å². The molecule has 86 valence electrons. The molecule has 3 heteroatoms. The number of hydrogen-bond acceptors (Lipinski definition) is 2. The van der Waals surface area contributed by atoms with Crippen LogP contribution in [0.1, 0.15) is 33.6 Å². The summed E-state index contributed by atoms with van der Waals surface area (Å²) < 4.78 is 0. The first-order valence-electron chi connectivity index (χ1n) is 5.88. The Kier molecular flexibility index (Phi) is 2.53. The zero-order valence-electron chi connectivity index (χ0n) is 9.86. The van der Waals surface area contributed by atoms with E-state index in [0.29, 0.717) is 5.92 Å². The predicted molar refractivity (Wildman–Crippen MR) is 58.3 cm³/mol. The Morgan fingerprint density at radius 1 is 1.53 bits per heavy atom. The fourth-order valence-electron chi connectivity index (χ4n) is 2.65. The van der Waals surface area contributed by atoms with E-state index in [1.54, 1.807) is 0 Å². The smallest absolute Gasteiger partial charge is 0.226 e. The Labute approximate surface area is 91.5 Å². The van der Waals surface area contributed by atoms with Gasteiger partial charge in [0.25, 0.3) is 0 Å². The number of carbonyl (C=O) groups is 1. The maximum Gasteiger partial charge on any atom is 0.226 e. The average molecular weight is 211 g/mol. The van der Waals surface area contributed by atoms with E-state index < -0.39 is 0 Å². The van der Waals surface area contributed by atoms with E-state index in [1.807, 2.05) is 4.90 Å². The summed E-state index contributed by atoms with van der Waals surface area (Å²) >= 11 is 0. The molecule has 2 rings (SSSR count). The molecule has 0 spiro atoms. The van der Waals surface area contributed by atoms with E-state index in [2.05, 4.69) is 20.8 Å². The molecule has 1 saturated heterocycles. The van der Waals surface area contributed by atoms with Crippen LogP contribution in [0.4, 0.5) is 0 Å². The van der Waals surface area contributed by atoms with Crippen LogP contribution in [0, 0.1) is 17.3 Å². The molecule has 1 amide bonds. The van der Waals surface area contributed by atoms with E-state index in [4.69, 9.17) is 0 Å². The Morgan fingerprint density at radius 3 is 2.60 bits per heavy atom. The molecule has 0 bridgehead atoms. The lowest BCUT2D eigenvalue weighted by molar-refractivity contribution is -0.135. The number of aliphatic hydroxyl groups is 1. The second-order valence-corrected chi connectivity index (χ2v) is 5.79. The van der Waals surface area contributed by atoms with Crippen molar-refractivity contribution in [1.82, 2.24) is 4.90 Å². The number of aliphatic hydroxyl groups excluding tert-OH is 1. The molecule has 3 unspecified atom stereocenters. The summed E-state index contributed by atoms with van der Waals surface area (Å²) in [5, 5.41) is 9.29. The molecule has 0 aromatic heterocycles. The van der Waals surface area contributed by atoms with E-state index in [-0.39, 0.29) is 29.9 Å². The van der Waals surface area contributed by atoms with E-state index in [9.17, 15) is 9.90 Å². The molecule has 3 nitrogen and oxygen atoms in total. The van der Waals surface area contributed by atoms with Crippen molar-refractivity contribution in [2.75, 3.05) is 13.2 Å². The van der Waals surface area contributed by atoms with Crippen molar-refractivity contribution >= 4 is 5.91 Å². The summed E-state index contributed by atoms with van der Waals surface area (Å²) in [6, 6.07) is 0.0638. The molecule has 1 aliphatic heterocycles. The first-order chi connectivity index (χ1) is 6.97. The molecule has 2 aliphatic rings. The van der Waals surface area contributed by atoms with Gasteiger partial charge in [0.1, 0.15) is 0 Å². The second kappa shape index (κ2) is 3.48.